The van der Waals surface area contributed by atoms with E-state index in [9.17, 15) is 10.1 Å². The molecular formula is C18H11NO3. The molecule has 4 rings (SSSR count). The summed E-state index contributed by atoms with van der Waals surface area (Å²) in [5.41, 5.74) is 1.85. The van der Waals surface area contributed by atoms with Crippen LogP contribution in [0.4, 0.5) is 5.88 Å². The number of rotatable bonds is 2. The van der Waals surface area contributed by atoms with Gasteiger partial charge in [0.25, 0.3) is 0 Å². The van der Waals surface area contributed by atoms with Crippen molar-refractivity contribution in [2.24, 2.45) is 0 Å². The lowest BCUT2D eigenvalue weighted by molar-refractivity contribution is -0.400. The Balaban J connectivity index is 2.22. The van der Waals surface area contributed by atoms with Gasteiger partial charge in [0.1, 0.15) is 16.1 Å². The molecule has 1 heterocycles. The molecule has 0 fully saturated rings. The maximum Gasteiger partial charge on any atom is 0.442 e. The minimum Gasteiger partial charge on any atom is -0.400 e. The van der Waals surface area contributed by atoms with E-state index in [0.717, 1.165) is 21.7 Å². The topological polar surface area (TPSA) is 56.3 Å². The van der Waals surface area contributed by atoms with Crippen molar-refractivity contribution in [2.45, 2.75) is 0 Å². The molecule has 4 nitrogen and oxygen atoms in total. The molecule has 0 bridgehead atoms. The van der Waals surface area contributed by atoms with E-state index in [0.29, 0.717) is 11.1 Å². The van der Waals surface area contributed by atoms with Gasteiger partial charge >= 0.3 is 5.88 Å². The van der Waals surface area contributed by atoms with E-state index >= 15 is 0 Å². The van der Waals surface area contributed by atoms with Crippen molar-refractivity contribution in [2.75, 3.05) is 0 Å². The zero-order valence-electron chi connectivity index (χ0n) is 11.5. The van der Waals surface area contributed by atoms with Gasteiger partial charge < -0.3 is 4.42 Å². The minimum atomic E-state index is -0.461. The lowest BCUT2D eigenvalue weighted by atomic mass is 9.99. The summed E-state index contributed by atoms with van der Waals surface area (Å²) < 4.78 is 5.52. The summed E-state index contributed by atoms with van der Waals surface area (Å²) in [5.74, 6) is -0.211. The first-order valence-electron chi connectivity index (χ1n) is 6.90. The van der Waals surface area contributed by atoms with E-state index in [4.69, 9.17) is 4.42 Å². The second-order valence-corrected chi connectivity index (χ2v) is 5.07. The molecule has 0 saturated carbocycles. The normalized spacial score (nSPS) is 11.1. The average molecular weight is 289 g/mol. The second kappa shape index (κ2) is 4.70. The summed E-state index contributed by atoms with van der Waals surface area (Å²) in [7, 11) is 0. The van der Waals surface area contributed by atoms with Gasteiger partial charge in [-0.1, -0.05) is 60.7 Å². The number of fused-ring (bicyclic) bond motifs is 3. The van der Waals surface area contributed by atoms with Gasteiger partial charge in [0.15, 0.2) is 0 Å². The minimum absolute atomic E-state index is 0.211. The molecule has 0 spiro atoms. The van der Waals surface area contributed by atoms with Gasteiger partial charge in [-0.15, -0.1) is 0 Å². The second-order valence-electron chi connectivity index (χ2n) is 5.07. The van der Waals surface area contributed by atoms with E-state index in [1.807, 2.05) is 60.7 Å². The number of hydrogen-bond acceptors (Lipinski definition) is 3. The van der Waals surface area contributed by atoms with Crippen LogP contribution in [0.2, 0.25) is 0 Å². The van der Waals surface area contributed by atoms with Crippen LogP contribution in [0.5, 0.6) is 0 Å². The van der Waals surface area contributed by atoms with Gasteiger partial charge in [0.05, 0.1) is 0 Å². The summed E-state index contributed by atoms with van der Waals surface area (Å²) in [6.45, 7) is 0. The Kier molecular flexibility index (Phi) is 2.69. The Morgan fingerprint density at radius 3 is 2.36 bits per heavy atom. The molecule has 4 aromatic rings. The third-order valence-electron chi connectivity index (χ3n) is 3.79. The van der Waals surface area contributed by atoms with Crippen LogP contribution >= 0.6 is 0 Å². The molecule has 0 unspecified atom stereocenters. The smallest absolute Gasteiger partial charge is 0.400 e. The largest absolute Gasteiger partial charge is 0.442 e. The zero-order valence-corrected chi connectivity index (χ0v) is 11.5. The highest BCUT2D eigenvalue weighted by Gasteiger charge is 2.26. The molecule has 106 valence electrons. The Bertz CT molecular complexity index is 1000. The van der Waals surface area contributed by atoms with Crippen molar-refractivity contribution in [3.63, 3.8) is 0 Å². The SMILES string of the molecule is O=[N+]([O-])c1oc2ccc3ccccc3c2c1-c1ccccc1. The molecule has 0 amide bonds. The van der Waals surface area contributed by atoms with Crippen molar-refractivity contribution in [1.82, 2.24) is 0 Å². The zero-order chi connectivity index (χ0) is 15.1. The molecule has 0 radical (unpaired) electrons. The summed E-state index contributed by atoms with van der Waals surface area (Å²) in [4.78, 5) is 11.0. The number of furan rings is 1. The quantitative estimate of drug-likeness (QED) is 0.378. The van der Waals surface area contributed by atoms with Crippen LogP contribution in [0.1, 0.15) is 0 Å². The standard InChI is InChI=1S/C18H11NO3/c20-19(21)18-16(13-7-2-1-3-8-13)17-14-9-5-4-6-12(14)10-11-15(17)22-18/h1-11H. The van der Waals surface area contributed by atoms with Gasteiger partial charge in [-0.2, -0.15) is 0 Å². The Morgan fingerprint density at radius 2 is 1.59 bits per heavy atom. The van der Waals surface area contributed by atoms with E-state index < -0.39 is 4.92 Å². The van der Waals surface area contributed by atoms with E-state index in [1.54, 1.807) is 6.07 Å². The van der Waals surface area contributed by atoms with E-state index in [-0.39, 0.29) is 5.88 Å². The first-order chi connectivity index (χ1) is 10.8. The molecule has 4 heteroatoms. The van der Waals surface area contributed by atoms with Crippen LogP contribution in [-0.4, -0.2) is 4.92 Å². The van der Waals surface area contributed by atoms with Gasteiger partial charge in [-0.05, 0) is 22.4 Å². The lowest BCUT2D eigenvalue weighted by Gasteiger charge is -2.01. The molecule has 0 atom stereocenters. The van der Waals surface area contributed by atoms with Crippen LogP contribution in [0.15, 0.2) is 71.1 Å². The van der Waals surface area contributed by atoms with Crippen LogP contribution in [0.25, 0.3) is 32.9 Å². The molecule has 1 aromatic heterocycles. The summed E-state index contributed by atoms with van der Waals surface area (Å²) >= 11 is 0. The van der Waals surface area contributed by atoms with Crippen LogP contribution in [-0.2, 0) is 0 Å². The lowest BCUT2D eigenvalue weighted by Crippen LogP contribution is -1.88. The molecule has 0 saturated heterocycles. The van der Waals surface area contributed by atoms with Gasteiger partial charge in [-0.25, -0.2) is 0 Å². The number of benzene rings is 3. The van der Waals surface area contributed by atoms with Crippen LogP contribution in [0.3, 0.4) is 0 Å². The van der Waals surface area contributed by atoms with Crippen molar-refractivity contribution in [3.8, 4) is 11.1 Å². The Morgan fingerprint density at radius 1 is 0.864 bits per heavy atom. The summed E-state index contributed by atoms with van der Waals surface area (Å²) in [6.07, 6.45) is 0. The predicted molar refractivity (Wildman–Crippen MR) is 85.8 cm³/mol. The fourth-order valence-electron chi connectivity index (χ4n) is 2.86. The van der Waals surface area contributed by atoms with Crippen molar-refractivity contribution in [3.05, 3.63) is 76.8 Å². The Hall–Kier alpha value is -3.14. The number of nitrogens with zero attached hydrogens (tertiary/aromatic N) is 1. The fourth-order valence-corrected chi connectivity index (χ4v) is 2.86. The van der Waals surface area contributed by atoms with Crippen LogP contribution in [0, 0.1) is 10.1 Å². The molecule has 0 N–H and O–H groups in total. The van der Waals surface area contributed by atoms with Gasteiger partial charge in [0, 0.05) is 5.39 Å². The first kappa shape index (κ1) is 12.6. The summed E-state index contributed by atoms with van der Waals surface area (Å²) in [6, 6.07) is 20.9. The molecule has 0 aliphatic heterocycles. The fraction of sp³-hybridized carbons (Fsp3) is 0. The summed E-state index contributed by atoms with van der Waals surface area (Å²) in [5, 5.41) is 14.2. The molecule has 3 aromatic carbocycles. The van der Waals surface area contributed by atoms with E-state index in [2.05, 4.69) is 0 Å². The Labute approximate surface area is 125 Å². The van der Waals surface area contributed by atoms with E-state index in [1.165, 1.54) is 0 Å². The highest BCUT2D eigenvalue weighted by Crippen LogP contribution is 2.42. The number of hydrogen-bond donors (Lipinski definition) is 0. The highest BCUT2D eigenvalue weighted by molar-refractivity contribution is 6.14. The highest BCUT2D eigenvalue weighted by atomic mass is 16.6. The molecule has 22 heavy (non-hydrogen) atoms. The van der Waals surface area contributed by atoms with Crippen LogP contribution < -0.4 is 0 Å². The van der Waals surface area contributed by atoms with Gasteiger partial charge in [-0.3, -0.25) is 10.1 Å². The van der Waals surface area contributed by atoms with Crippen molar-refractivity contribution < 1.29 is 9.34 Å². The third kappa shape index (κ3) is 1.78. The first-order valence-corrected chi connectivity index (χ1v) is 6.90. The number of nitro groups is 1. The van der Waals surface area contributed by atoms with Crippen molar-refractivity contribution in [1.29, 1.82) is 0 Å². The average Bonchev–Trinajstić information content (AvgIpc) is 2.96. The third-order valence-corrected chi connectivity index (χ3v) is 3.79. The monoisotopic (exact) mass is 289 g/mol. The molecular weight excluding hydrogens is 278 g/mol. The maximum absolute atomic E-state index is 11.4. The predicted octanol–water partition coefficient (Wildman–Crippen LogP) is 5.16. The van der Waals surface area contributed by atoms with Gasteiger partial charge in [0.2, 0.25) is 0 Å². The molecule has 0 aliphatic rings. The molecule has 0 aliphatic carbocycles. The van der Waals surface area contributed by atoms with Crippen molar-refractivity contribution >= 4 is 27.6 Å². The maximum atomic E-state index is 11.4.